The molecule has 104 valence electrons. The van der Waals surface area contributed by atoms with Crippen LogP contribution in [-0.4, -0.2) is 15.8 Å². The fourth-order valence-electron chi connectivity index (χ4n) is 2.09. The van der Waals surface area contributed by atoms with Crippen molar-refractivity contribution in [1.82, 2.24) is 9.55 Å². The van der Waals surface area contributed by atoms with Crippen molar-refractivity contribution >= 4 is 17.3 Å². The maximum absolute atomic E-state index is 12.4. The summed E-state index contributed by atoms with van der Waals surface area (Å²) in [6, 6.07) is 16.1. The minimum absolute atomic E-state index is 0.0347. The zero-order valence-electron chi connectivity index (χ0n) is 11.1. The van der Waals surface area contributed by atoms with Crippen LogP contribution in [0.3, 0.4) is 0 Å². The number of nitrogens with zero attached hydrogens (tertiary/aromatic N) is 2. The Bertz CT molecular complexity index is 841. The lowest BCUT2D eigenvalue weighted by Crippen LogP contribution is -2.23. The SMILES string of the molecule is O=CCn1c(=O)c(Oc2ccccc2)nc2ccccc21. The molecular formula is C16H12N2O3. The van der Waals surface area contributed by atoms with Gasteiger partial charge in [-0.2, -0.15) is 0 Å². The van der Waals surface area contributed by atoms with E-state index in [0.717, 1.165) is 0 Å². The van der Waals surface area contributed by atoms with Gasteiger partial charge in [-0.15, -0.1) is 0 Å². The van der Waals surface area contributed by atoms with Crippen molar-refractivity contribution in [3.05, 3.63) is 65.0 Å². The summed E-state index contributed by atoms with van der Waals surface area (Å²) in [5, 5.41) is 0. The van der Waals surface area contributed by atoms with Gasteiger partial charge in [0.15, 0.2) is 0 Å². The minimum Gasteiger partial charge on any atom is -0.435 e. The van der Waals surface area contributed by atoms with Gasteiger partial charge in [0.2, 0.25) is 0 Å². The van der Waals surface area contributed by atoms with E-state index in [2.05, 4.69) is 4.98 Å². The van der Waals surface area contributed by atoms with E-state index >= 15 is 0 Å². The second-order valence-electron chi connectivity index (χ2n) is 4.40. The second kappa shape index (κ2) is 5.58. The highest BCUT2D eigenvalue weighted by Crippen LogP contribution is 2.18. The van der Waals surface area contributed by atoms with Crippen LogP contribution < -0.4 is 10.3 Å². The number of ether oxygens (including phenoxy) is 1. The number of carbonyl (C=O) groups is 1. The number of aldehydes is 1. The molecular weight excluding hydrogens is 268 g/mol. The van der Waals surface area contributed by atoms with E-state index in [9.17, 15) is 9.59 Å². The first kappa shape index (κ1) is 13.1. The summed E-state index contributed by atoms with van der Waals surface area (Å²) in [6.07, 6.45) is 0.681. The molecule has 1 heterocycles. The van der Waals surface area contributed by atoms with E-state index in [1.165, 1.54) is 4.57 Å². The number of benzene rings is 2. The van der Waals surface area contributed by atoms with E-state index < -0.39 is 5.56 Å². The zero-order chi connectivity index (χ0) is 14.7. The number of hydrogen-bond acceptors (Lipinski definition) is 4. The normalized spacial score (nSPS) is 10.5. The topological polar surface area (TPSA) is 61.2 Å². The summed E-state index contributed by atoms with van der Waals surface area (Å²) in [4.78, 5) is 27.5. The molecule has 0 atom stereocenters. The molecule has 0 aliphatic heterocycles. The lowest BCUT2D eigenvalue weighted by atomic mass is 10.3. The number of hydrogen-bond donors (Lipinski definition) is 0. The predicted molar refractivity (Wildman–Crippen MR) is 78.6 cm³/mol. The fraction of sp³-hybridized carbons (Fsp3) is 0.0625. The van der Waals surface area contributed by atoms with E-state index in [-0.39, 0.29) is 12.4 Å². The average molecular weight is 280 g/mol. The predicted octanol–water partition coefficient (Wildman–Crippen LogP) is 2.39. The van der Waals surface area contributed by atoms with Crippen molar-refractivity contribution in [1.29, 1.82) is 0 Å². The molecule has 3 rings (SSSR count). The van der Waals surface area contributed by atoms with Crippen molar-refractivity contribution in [2.45, 2.75) is 6.54 Å². The maximum atomic E-state index is 12.4. The Balaban J connectivity index is 2.17. The molecule has 0 N–H and O–H groups in total. The third kappa shape index (κ3) is 2.53. The van der Waals surface area contributed by atoms with Crippen LogP contribution in [0, 0.1) is 0 Å². The summed E-state index contributed by atoms with van der Waals surface area (Å²) in [5.74, 6) is 0.483. The third-order valence-electron chi connectivity index (χ3n) is 3.04. The third-order valence-corrected chi connectivity index (χ3v) is 3.04. The Labute approximate surface area is 120 Å². The number of carbonyl (C=O) groups excluding carboxylic acids is 1. The highest BCUT2D eigenvalue weighted by atomic mass is 16.5. The van der Waals surface area contributed by atoms with Gasteiger partial charge in [-0.25, -0.2) is 4.98 Å². The van der Waals surface area contributed by atoms with Crippen LogP contribution in [-0.2, 0) is 11.3 Å². The summed E-state index contributed by atoms with van der Waals surface area (Å²) in [7, 11) is 0. The molecule has 5 heteroatoms. The van der Waals surface area contributed by atoms with Crippen LogP contribution in [0.4, 0.5) is 0 Å². The molecule has 2 aromatic carbocycles. The van der Waals surface area contributed by atoms with E-state index in [0.29, 0.717) is 23.1 Å². The number of aromatic nitrogens is 2. The van der Waals surface area contributed by atoms with Crippen LogP contribution in [0.15, 0.2) is 59.4 Å². The molecule has 0 bridgehead atoms. The monoisotopic (exact) mass is 280 g/mol. The Morgan fingerprint density at radius 3 is 2.52 bits per heavy atom. The molecule has 0 unspecified atom stereocenters. The van der Waals surface area contributed by atoms with Gasteiger partial charge in [0.25, 0.3) is 5.88 Å². The molecule has 3 aromatic rings. The molecule has 0 aliphatic rings. The van der Waals surface area contributed by atoms with Gasteiger partial charge in [0.05, 0.1) is 17.6 Å². The van der Waals surface area contributed by atoms with Gasteiger partial charge < -0.3 is 9.53 Å². The van der Waals surface area contributed by atoms with Gasteiger partial charge in [-0.1, -0.05) is 30.3 Å². The first-order chi connectivity index (χ1) is 10.3. The first-order valence-electron chi connectivity index (χ1n) is 6.46. The molecule has 5 nitrogen and oxygen atoms in total. The van der Waals surface area contributed by atoms with Crippen molar-refractivity contribution in [2.75, 3.05) is 0 Å². The minimum atomic E-state index is -0.426. The van der Waals surface area contributed by atoms with Crippen molar-refractivity contribution in [2.24, 2.45) is 0 Å². The van der Waals surface area contributed by atoms with Crippen molar-refractivity contribution < 1.29 is 9.53 Å². The van der Waals surface area contributed by atoms with Gasteiger partial charge in [0, 0.05) is 0 Å². The number of para-hydroxylation sites is 3. The highest BCUT2D eigenvalue weighted by molar-refractivity contribution is 5.76. The molecule has 1 aromatic heterocycles. The molecule has 0 radical (unpaired) electrons. The van der Waals surface area contributed by atoms with Crippen LogP contribution in [0.25, 0.3) is 11.0 Å². The first-order valence-corrected chi connectivity index (χ1v) is 6.46. The van der Waals surface area contributed by atoms with Crippen LogP contribution >= 0.6 is 0 Å². The molecule has 0 spiro atoms. The largest absolute Gasteiger partial charge is 0.435 e. The zero-order valence-corrected chi connectivity index (χ0v) is 11.1. The lowest BCUT2D eigenvalue weighted by molar-refractivity contribution is -0.108. The fourth-order valence-corrected chi connectivity index (χ4v) is 2.09. The molecule has 0 fully saturated rings. The van der Waals surface area contributed by atoms with Crippen LogP contribution in [0.1, 0.15) is 0 Å². The van der Waals surface area contributed by atoms with E-state index in [1.807, 2.05) is 12.1 Å². The van der Waals surface area contributed by atoms with E-state index in [4.69, 9.17) is 4.74 Å². The van der Waals surface area contributed by atoms with Gasteiger partial charge in [-0.3, -0.25) is 9.36 Å². The lowest BCUT2D eigenvalue weighted by Gasteiger charge is -2.10. The average Bonchev–Trinajstić information content (AvgIpc) is 2.52. The molecule has 0 saturated heterocycles. The van der Waals surface area contributed by atoms with Gasteiger partial charge in [0.1, 0.15) is 12.0 Å². The van der Waals surface area contributed by atoms with E-state index in [1.54, 1.807) is 42.5 Å². The summed E-state index contributed by atoms with van der Waals surface area (Å²) < 4.78 is 6.90. The van der Waals surface area contributed by atoms with Crippen LogP contribution in [0.2, 0.25) is 0 Å². The Morgan fingerprint density at radius 2 is 1.76 bits per heavy atom. The molecule has 21 heavy (non-hydrogen) atoms. The summed E-state index contributed by atoms with van der Waals surface area (Å²) in [6.45, 7) is -0.0347. The van der Waals surface area contributed by atoms with Gasteiger partial charge >= 0.3 is 5.56 Å². The smallest absolute Gasteiger partial charge is 0.314 e. The molecule has 0 saturated carbocycles. The second-order valence-corrected chi connectivity index (χ2v) is 4.40. The standard InChI is InChI=1S/C16H12N2O3/c19-11-10-18-14-9-5-4-8-13(14)17-15(16(18)20)21-12-6-2-1-3-7-12/h1-9,11H,10H2. The maximum Gasteiger partial charge on any atom is 0.314 e. The Hall–Kier alpha value is -2.95. The highest BCUT2D eigenvalue weighted by Gasteiger charge is 2.12. The van der Waals surface area contributed by atoms with Gasteiger partial charge in [-0.05, 0) is 24.3 Å². The number of rotatable bonds is 4. The number of fused-ring (bicyclic) bond motifs is 1. The van der Waals surface area contributed by atoms with Crippen molar-refractivity contribution in [3.63, 3.8) is 0 Å². The molecule has 0 amide bonds. The Kier molecular flexibility index (Phi) is 3.47. The van der Waals surface area contributed by atoms with Crippen molar-refractivity contribution in [3.8, 4) is 11.6 Å². The Morgan fingerprint density at radius 1 is 1.05 bits per heavy atom. The summed E-state index contributed by atoms with van der Waals surface area (Å²) >= 11 is 0. The summed E-state index contributed by atoms with van der Waals surface area (Å²) in [5.41, 5.74) is 0.782. The van der Waals surface area contributed by atoms with Crippen LogP contribution in [0.5, 0.6) is 11.6 Å². The molecule has 0 aliphatic carbocycles. The quantitative estimate of drug-likeness (QED) is 0.688.